The molecule has 1 aliphatic rings. The molecule has 0 bridgehead atoms. The second-order valence-electron chi connectivity index (χ2n) is 6.35. The summed E-state index contributed by atoms with van der Waals surface area (Å²) in [7, 11) is 0. The standard InChI is InChI=1S/C16H24N6/c1-11(2)9-22-10-18-7-12(22)8-19-15-13-5-3-4-6-14(13)20-16(17)21-15/h7,10-11H,3-6,8-9H2,1-2H3,(H3,17,19,20,21). The highest BCUT2D eigenvalue weighted by atomic mass is 15.1. The maximum Gasteiger partial charge on any atom is 0.222 e. The summed E-state index contributed by atoms with van der Waals surface area (Å²) in [4.78, 5) is 13.0. The van der Waals surface area contributed by atoms with Gasteiger partial charge in [-0.25, -0.2) is 9.97 Å². The minimum atomic E-state index is 0.360. The zero-order valence-electron chi connectivity index (χ0n) is 13.3. The molecule has 0 radical (unpaired) electrons. The Kier molecular flexibility index (Phi) is 4.27. The lowest BCUT2D eigenvalue weighted by atomic mass is 9.96. The lowest BCUT2D eigenvalue weighted by Gasteiger charge is -2.19. The topological polar surface area (TPSA) is 81.7 Å². The second-order valence-corrected chi connectivity index (χ2v) is 6.35. The number of nitrogen functional groups attached to an aromatic ring is 1. The zero-order chi connectivity index (χ0) is 15.5. The highest BCUT2D eigenvalue weighted by Gasteiger charge is 2.17. The van der Waals surface area contributed by atoms with Gasteiger partial charge in [0.2, 0.25) is 5.95 Å². The predicted molar refractivity (Wildman–Crippen MR) is 87.5 cm³/mol. The molecule has 3 N–H and O–H groups in total. The Bertz CT molecular complexity index is 646. The van der Waals surface area contributed by atoms with Crippen molar-refractivity contribution in [2.45, 2.75) is 52.6 Å². The van der Waals surface area contributed by atoms with Gasteiger partial charge in [0.25, 0.3) is 0 Å². The number of nitrogens with one attached hydrogen (secondary N) is 1. The summed E-state index contributed by atoms with van der Waals surface area (Å²) in [5.74, 6) is 1.84. The van der Waals surface area contributed by atoms with Crippen LogP contribution in [0.1, 0.15) is 43.6 Å². The monoisotopic (exact) mass is 300 g/mol. The molecule has 0 fully saturated rings. The van der Waals surface area contributed by atoms with Crippen molar-refractivity contribution >= 4 is 11.8 Å². The Hall–Kier alpha value is -2.11. The number of imidazole rings is 1. The molecule has 2 aromatic rings. The van der Waals surface area contributed by atoms with Crippen molar-refractivity contribution in [3.05, 3.63) is 29.5 Å². The Morgan fingerprint density at radius 3 is 2.91 bits per heavy atom. The van der Waals surface area contributed by atoms with E-state index in [0.717, 1.165) is 36.6 Å². The van der Waals surface area contributed by atoms with Crippen LogP contribution in [0, 0.1) is 5.92 Å². The van der Waals surface area contributed by atoms with Crippen LogP contribution in [0.4, 0.5) is 11.8 Å². The number of aromatic nitrogens is 4. The molecule has 0 unspecified atom stereocenters. The third-order valence-corrected chi connectivity index (χ3v) is 4.00. The number of hydrogen-bond donors (Lipinski definition) is 2. The first kappa shape index (κ1) is 14.8. The van der Waals surface area contributed by atoms with Crippen molar-refractivity contribution in [2.24, 2.45) is 5.92 Å². The molecule has 0 amide bonds. The average Bonchev–Trinajstić information content (AvgIpc) is 2.91. The van der Waals surface area contributed by atoms with E-state index in [0.29, 0.717) is 18.4 Å². The van der Waals surface area contributed by atoms with Gasteiger partial charge >= 0.3 is 0 Å². The van der Waals surface area contributed by atoms with Gasteiger partial charge in [-0.1, -0.05) is 13.8 Å². The number of hydrogen-bond acceptors (Lipinski definition) is 5. The van der Waals surface area contributed by atoms with Gasteiger partial charge in [-0.05, 0) is 31.6 Å². The van der Waals surface area contributed by atoms with E-state index >= 15 is 0 Å². The Morgan fingerprint density at radius 2 is 2.09 bits per heavy atom. The Balaban J connectivity index is 1.77. The summed E-state index contributed by atoms with van der Waals surface area (Å²) in [6, 6.07) is 0. The van der Waals surface area contributed by atoms with Crippen molar-refractivity contribution in [3.8, 4) is 0 Å². The fraction of sp³-hybridized carbons (Fsp3) is 0.562. The maximum atomic E-state index is 5.85. The van der Waals surface area contributed by atoms with Crippen LogP contribution < -0.4 is 11.1 Å². The molecule has 2 aromatic heterocycles. The number of aryl methyl sites for hydroxylation is 1. The van der Waals surface area contributed by atoms with Crippen molar-refractivity contribution in [3.63, 3.8) is 0 Å². The number of nitrogens with two attached hydrogens (primary N) is 1. The van der Waals surface area contributed by atoms with Crippen molar-refractivity contribution in [1.82, 2.24) is 19.5 Å². The quantitative estimate of drug-likeness (QED) is 0.886. The van der Waals surface area contributed by atoms with Crippen LogP contribution in [-0.4, -0.2) is 19.5 Å². The second kappa shape index (κ2) is 6.34. The number of fused-ring (bicyclic) bond motifs is 1. The van der Waals surface area contributed by atoms with Gasteiger partial charge in [-0.3, -0.25) is 0 Å². The van der Waals surface area contributed by atoms with E-state index in [1.54, 1.807) is 0 Å². The zero-order valence-corrected chi connectivity index (χ0v) is 13.3. The van der Waals surface area contributed by atoms with Gasteiger partial charge < -0.3 is 15.6 Å². The van der Waals surface area contributed by atoms with Crippen molar-refractivity contribution < 1.29 is 0 Å². The van der Waals surface area contributed by atoms with E-state index in [1.807, 2.05) is 12.5 Å². The molecule has 1 aliphatic carbocycles. The first-order valence-electron chi connectivity index (χ1n) is 8.01. The summed E-state index contributed by atoms with van der Waals surface area (Å²) in [6.45, 7) is 6.09. The molecular weight excluding hydrogens is 276 g/mol. The SMILES string of the molecule is CC(C)Cn1cncc1CNc1nc(N)nc2c1CCCC2. The summed E-state index contributed by atoms with van der Waals surface area (Å²) >= 11 is 0. The molecule has 0 aromatic carbocycles. The molecular formula is C16H24N6. The number of rotatable bonds is 5. The van der Waals surface area contributed by atoms with Gasteiger partial charge in [0.1, 0.15) is 5.82 Å². The van der Waals surface area contributed by atoms with Crippen LogP contribution in [-0.2, 0) is 25.9 Å². The summed E-state index contributed by atoms with van der Waals surface area (Å²) < 4.78 is 2.19. The third-order valence-electron chi connectivity index (χ3n) is 4.00. The minimum Gasteiger partial charge on any atom is -0.368 e. The van der Waals surface area contributed by atoms with E-state index in [9.17, 15) is 0 Å². The molecule has 0 aliphatic heterocycles. The van der Waals surface area contributed by atoms with Crippen molar-refractivity contribution in [1.29, 1.82) is 0 Å². The van der Waals surface area contributed by atoms with Crippen LogP contribution in [0.2, 0.25) is 0 Å². The van der Waals surface area contributed by atoms with E-state index in [1.165, 1.54) is 18.4 Å². The lowest BCUT2D eigenvalue weighted by Crippen LogP contribution is -2.16. The normalized spacial score (nSPS) is 14.1. The predicted octanol–water partition coefficient (Wildman–Crippen LogP) is 2.40. The molecule has 118 valence electrons. The van der Waals surface area contributed by atoms with Gasteiger partial charge in [0, 0.05) is 18.3 Å². The van der Waals surface area contributed by atoms with Crippen LogP contribution >= 0.6 is 0 Å². The molecule has 22 heavy (non-hydrogen) atoms. The van der Waals surface area contributed by atoms with Gasteiger partial charge in [0.05, 0.1) is 24.3 Å². The molecule has 0 spiro atoms. The largest absolute Gasteiger partial charge is 0.368 e. The Labute approximate surface area is 131 Å². The van der Waals surface area contributed by atoms with Gasteiger partial charge in [-0.2, -0.15) is 4.98 Å². The molecule has 6 nitrogen and oxygen atoms in total. The lowest BCUT2D eigenvalue weighted by molar-refractivity contribution is 0.511. The molecule has 3 rings (SSSR count). The Morgan fingerprint density at radius 1 is 1.27 bits per heavy atom. The van der Waals surface area contributed by atoms with Crippen LogP contribution in [0.5, 0.6) is 0 Å². The maximum absolute atomic E-state index is 5.85. The molecule has 6 heteroatoms. The van der Waals surface area contributed by atoms with Crippen LogP contribution in [0.15, 0.2) is 12.5 Å². The summed E-state index contributed by atoms with van der Waals surface area (Å²) in [5, 5.41) is 3.44. The van der Waals surface area contributed by atoms with Gasteiger partial charge in [0.15, 0.2) is 0 Å². The van der Waals surface area contributed by atoms with E-state index in [2.05, 4.69) is 38.7 Å². The summed E-state index contributed by atoms with van der Waals surface area (Å²) in [5.41, 5.74) is 9.35. The molecule has 0 atom stereocenters. The van der Waals surface area contributed by atoms with Crippen LogP contribution in [0.25, 0.3) is 0 Å². The van der Waals surface area contributed by atoms with Gasteiger partial charge in [-0.15, -0.1) is 0 Å². The highest BCUT2D eigenvalue weighted by molar-refractivity contribution is 5.50. The van der Waals surface area contributed by atoms with Crippen LogP contribution in [0.3, 0.4) is 0 Å². The highest BCUT2D eigenvalue weighted by Crippen LogP contribution is 2.26. The summed E-state index contributed by atoms with van der Waals surface area (Å²) in [6.07, 6.45) is 8.21. The first-order valence-corrected chi connectivity index (χ1v) is 8.01. The van der Waals surface area contributed by atoms with Crippen molar-refractivity contribution in [2.75, 3.05) is 11.1 Å². The number of nitrogens with zero attached hydrogens (tertiary/aromatic N) is 4. The van der Waals surface area contributed by atoms with E-state index in [4.69, 9.17) is 5.73 Å². The molecule has 0 saturated carbocycles. The smallest absolute Gasteiger partial charge is 0.222 e. The molecule has 2 heterocycles. The average molecular weight is 300 g/mol. The van der Waals surface area contributed by atoms with E-state index in [-0.39, 0.29) is 0 Å². The number of anilines is 2. The third kappa shape index (κ3) is 3.21. The first-order chi connectivity index (χ1) is 10.6. The fourth-order valence-electron chi connectivity index (χ4n) is 2.99. The van der Waals surface area contributed by atoms with E-state index < -0.39 is 0 Å². The minimum absolute atomic E-state index is 0.360. The molecule has 0 saturated heterocycles. The fourth-order valence-corrected chi connectivity index (χ4v) is 2.99.